The number of alkyl halides is 3. The summed E-state index contributed by atoms with van der Waals surface area (Å²) in [6.45, 7) is 1.34. The number of carbonyl (C=O) groups is 1. The Hall–Kier alpha value is -1.79. The van der Waals surface area contributed by atoms with Gasteiger partial charge in [-0.15, -0.1) is 0 Å². The van der Waals surface area contributed by atoms with Gasteiger partial charge in [0.15, 0.2) is 0 Å². The summed E-state index contributed by atoms with van der Waals surface area (Å²) in [4.78, 5) is 16.7. The van der Waals surface area contributed by atoms with Gasteiger partial charge < -0.3 is 5.32 Å². The molecule has 0 spiro atoms. The first-order valence-electron chi connectivity index (χ1n) is 7.58. The SMILES string of the molecule is O=C(NC1CC1)C1CCN(c2ccc(C(F)(F)F)c[nH+]2)CC1. The maximum Gasteiger partial charge on any atom is 0.419 e. The number of piperidine rings is 1. The number of carbonyl (C=O) groups excluding carboxylic acids is 1. The molecule has 4 nitrogen and oxygen atoms in total. The lowest BCUT2D eigenvalue weighted by atomic mass is 9.96. The molecule has 7 heteroatoms. The van der Waals surface area contributed by atoms with Crippen LogP contribution in [-0.4, -0.2) is 25.0 Å². The predicted molar refractivity (Wildman–Crippen MR) is 74.1 cm³/mol. The van der Waals surface area contributed by atoms with E-state index in [1.165, 1.54) is 6.07 Å². The number of hydrogen-bond donors (Lipinski definition) is 1. The molecule has 2 fully saturated rings. The topological polar surface area (TPSA) is 46.5 Å². The van der Waals surface area contributed by atoms with E-state index in [2.05, 4.69) is 10.3 Å². The number of hydrogen-bond acceptors (Lipinski definition) is 2. The van der Waals surface area contributed by atoms with Crippen LogP contribution in [0.3, 0.4) is 0 Å². The number of H-pyrrole nitrogens is 1. The van der Waals surface area contributed by atoms with E-state index in [0.29, 0.717) is 24.9 Å². The summed E-state index contributed by atoms with van der Waals surface area (Å²) < 4.78 is 37.6. The van der Waals surface area contributed by atoms with Gasteiger partial charge in [-0.3, -0.25) is 9.69 Å². The van der Waals surface area contributed by atoms with Crippen molar-refractivity contribution in [1.29, 1.82) is 0 Å². The highest BCUT2D eigenvalue weighted by molar-refractivity contribution is 5.79. The molecule has 120 valence electrons. The lowest BCUT2D eigenvalue weighted by Gasteiger charge is -2.27. The molecule has 3 rings (SSSR count). The van der Waals surface area contributed by atoms with Crippen molar-refractivity contribution in [2.24, 2.45) is 5.92 Å². The van der Waals surface area contributed by atoms with Crippen molar-refractivity contribution in [1.82, 2.24) is 5.32 Å². The summed E-state index contributed by atoms with van der Waals surface area (Å²) >= 11 is 0. The highest BCUT2D eigenvalue weighted by Gasteiger charge is 2.34. The van der Waals surface area contributed by atoms with Gasteiger partial charge >= 0.3 is 6.18 Å². The maximum absolute atomic E-state index is 12.5. The Bertz CT molecular complexity index is 532. The molecule has 1 saturated heterocycles. The fourth-order valence-corrected chi connectivity index (χ4v) is 2.72. The average Bonchev–Trinajstić information content (AvgIpc) is 3.31. The standard InChI is InChI=1S/C15H18F3N3O/c16-15(17,18)11-1-4-13(19-9-11)21-7-5-10(6-8-21)14(22)20-12-2-3-12/h1,4,9-10,12H,2-3,5-8H2,(H,20,22)/p+1. The van der Waals surface area contributed by atoms with Crippen LogP contribution in [0.2, 0.25) is 0 Å². The zero-order valence-electron chi connectivity index (χ0n) is 12.1. The predicted octanol–water partition coefficient (Wildman–Crippen LogP) is 2.01. The Morgan fingerprint density at radius 1 is 1.18 bits per heavy atom. The van der Waals surface area contributed by atoms with Gasteiger partial charge in [-0.2, -0.15) is 13.2 Å². The maximum atomic E-state index is 12.5. The van der Waals surface area contributed by atoms with Crippen LogP contribution in [-0.2, 0) is 11.0 Å². The van der Waals surface area contributed by atoms with Gasteiger partial charge in [0, 0.05) is 18.0 Å². The Morgan fingerprint density at radius 2 is 1.86 bits per heavy atom. The second-order valence-electron chi connectivity index (χ2n) is 6.00. The van der Waals surface area contributed by atoms with Crippen LogP contribution in [0.1, 0.15) is 31.2 Å². The minimum Gasteiger partial charge on any atom is -0.353 e. The van der Waals surface area contributed by atoms with E-state index in [1.54, 1.807) is 0 Å². The Balaban J connectivity index is 1.55. The van der Waals surface area contributed by atoms with Crippen LogP contribution in [0.15, 0.2) is 18.3 Å². The molecule has 0 bridgehead atoms. The number of rotatable bonds is 3. The summed E-state index contributed by atoms with van der Waals surface area (Å²) in [5, 5.41) is 3.01. The van der Waals surface area contributed by atoms with Gasteiger partial charge in [0.2, 0.25) is 5.91 Å². The minimum absolute atomic E-state index is 0.0197. The third kappa shape index (κ3) is 3.51. The van der Waals surface area contributed by atoms with Crippen molar-refractivity contribution in [2.75, 3.05) is 18.0 Å². The van der Waals surface area contributed by atoms with E-state index in [0.717, 1.165) is 37.9 Å². The van der Waals surface area contributed by atoms with Crippen molar-refractivity contribution in [3.8, 4) is 0 Å². The number of pyridine rings is 1. The first kappa shape index (κ1) is 15.1. The summed E-state index contributed by atoms with van der Waals surface area (Å²) in [6, 6.07) is 2.90. The Morgan fingerprint density at radius 3 is 2.36 bits per heavy atom. The molecule has 1 aromatic heterocycles. The number of nitrogens with one attached hydrogen (secondary N) is 2. The van der Waals surface area contributed by atoms with Gasteiger partial charge in [-0.05, 0) is 31.7 Å². The number of amides is 1. The number of aromatic amines is 1. The van der Waals surface area contributed by atoms with Gasteiger partial charge in [0.25, 0.3) is 5.82 Å². The molecular weight excluding hydrogens is 295 g/mol. The minimum atomic E-state index is -4.33. The summed E-state index contributed by atoms with van der Waals surface area (Å²) in [5.74, 6) is 0.805. The van der Waals surface area contributed by atoms with Crippen LogP contribution >= 0.6 is 0 Å². The molecule has 2 heterocycles. The second-order valence-corrected chi connectivity index (χ2v) is 6.00. The molecule has 0 aromatic carbocycles. The van der Waals surface area contributed by atoms with E-state index >= 15 is 0 Å². The number of anilines is 1. The monoisotopic (exact) mass is 314 g/mol. The van der Waals surface area contributed by atoms with E-state index in [4.69, 9.17) is 0 Å². The van der Waals surface area contributed by atoms with Crippen LogP contribution in [0.25, 0.3) is 0 Å². The third-order valence-electron chi connectivity index (χ3n) is 4.25. The largest absolute Gasteiger partial charge is 0.419 e. The van der Waals surface area contributed by atoms with Crippen LogP contribution in [0.4, 0.5) is 19.0 Å². The van der Waals surface area contributed by atoms with E-state index in [1.807, 2.05) is 4.90 Å². The molecule has 22 heavy (non-hydrogen) atoms. The molecule has 0 atom stereocenters. The molecular formula is C15H19F3N3O+. The van der Waals surface area contributed by atoms with E-state index in [9.17, 15) is 18.0 Å². The quantitative estimate of drug-likeness (QED) is 0.928. The Kier molecular flexibility index (Phi) is 3.97. The first-order valence-corrected chi connectivity index (χ1v) is 7.58. The molecule has 1 aliphatic heterocycles. The van der Waals surface area contributed by atoms with Crippen molar-refractivity contribution < 1.29 is 22.9 Å². The summed E-state index contributed by atoms with van der Waals surface area (Å²) in [7, 11) is 0. The number of halogens is 3. The smallest absolute Gasteiger partial charge is 0.353 e. The molecule has 1 saturated carbocycles. The first-order chi connectivity index (χ1) is 10.4. The van der Waals surface area contributed by atoms with Crippen molar-refractivity contribution in [3.63, 3.8) is 0 Å². The van der Waals surface area contributed by atoms with Crippen molar-refractivity contribution in [3.05, 3.63) is 23.9 Å². The fourth-order valence-electron chi connectivity index (χ4n) is 2.72. The molecule has 2 N–H and O–H groups in total. The second kappa shape index (κ2) is 5.78. The van der Waals surface area contributed by atoms with E-state index in [-0.39, 0.29) is 11.8 Å². The van der Waals surface area contributed by atoms with E-state index < -0.39 is 11.7 Å². The molecule has 1 amide bonds. The van der Waals surface area contributed by atoms with Crippen molar-refractivity contribution in [2.45, 2.75) is 37.9 Å². The van der Waals surface area contributed by atoms with Crippen LogP contribution in [0.5, 0.6) is 0 Å². The van der Waals surface area contributed by atoms with Crippen molar-refractivity contribution >= 4 is 11.7 Å². The number of aromatic nitrogens is 1. The highest BCUT2D eigenvalue weighted by Crippen LogP contribution is 2.29. The Labute approximate surface area is 126 Å². The fraction of sp³-hybridized carbons (Fsp3) is 0.600. The molecule has 2 aliphatic rings. The molecule has 0 unspecified atom stereocenters. The lowest BCUT2D eigenvalue weighted by Crippen LogP contribution is -2.42. The van der Waals surface area contributed by atoms with Gasteiger partial charge in [-0.25, -0.2) is 4.98 Å². The van der Waals surface area contributed by atoms with Gasteiger partial charge in [-0.1, -0.05) is 0 Å². The van der Waals surface area contributed by atoms with Gasteiger partial charge in [0.05, 0.1) is 18.7 Å². The normalized spacial score (nSPS) is 20.0. The summed E-state index contributed by atoms with van der Waals surface area (Å²) in [5.41, 5.74) is -0.685. The molecule has 1 aromatic rings. The zero-order valence-corrected chi connectivity index (χ0v) is 12.1. The molecule has 0 radical (unpaired) electrons. The van der Waals surface area contributed by atoms with Crippen LogP contribution in [0, 0.1) is 5.92 Å². The highest BCUT2D eigenvalue weighted by atomic mass is 19.4. The third-order valence-corrected chi connectivity index (χ3v) is 4.25. The number of nitrogens with zero attached hydrogens (tertiary/aromatic N) is 1. The van der Waals surface area contributed by atoms with Gasteiger partial charge in [0.1, 0.15) is 6.20 Å². The van der Waals surface area contributed by atoms with Crippen LogP contribution < -0.4 is 15.2 Å². The lowest BCUT2D eigenvalue weighted by molar-refractivity contribution is -0.367. The average molecular weight is 314 g/mol. The zero-order chi connectivity index (χ0) is 15.7. The summed E-state index contributed by atoms with van der Waals surface area (Å²) in [6.07, 6.45) is 0.265. The molecule has 1 aliphatic carbocycles.